The zero-order chi connectivity index (χ0) is 9.19. The summed E-state index contributed by atoms with van der Waals surface area (Å²) in [5.74, 6) is 0. The van der Waals surface area contributed by atoms with Crippen molar-refractivity contribution < 1.29 is 8.42 Å². The van der Waals surface area contributed by atoms with Gasteiger partial charge in [-0.25, -0.2) is 13.4 Å². The molecule has 0 amide bonds. The quantitative estimate of drug-likeness (QED) is 0.785. The molecule has 4 nitrogen and oxygen atoms in total. The molecule has 2 N–H and O–H groups in total. The fourth-order valence-electron chi connectivity index (χ4n) is 0.751. The minimum Gasteiger partial charge on any atom is -0.326 e. The fraction of sp³-hybridized carbons (Fsp3) is 0.286. The van der Waals surface area contributed by atoms with E-state index in [0.29, 0.717) is 6.54 Å². The summed E-state index contributed by atoms with van der Waals surface area (Å²) in [7, 11) is -3.18. The molecule has 0 radical (unpaired) electrons. The second kappa shape index (κ2) is 4.55. The minimum atomic E-state index is -3.18. The molecule has 0 spiro atoms. The van der Waals surface area contributed by atoms with Crippen molar-refractivity contribution in [1.29, 1.82) is 0 Å². The van der Waals surface area contributed by atoms with Crippen molar-refractivity contribution in [2.45, 2.75) is 11.6 Å². The lowest BCUT2D eigenvalue weighted by Crippen LogP contribution is -2.02. The summed E-state index contributed by atoms with van der Waals surface area (Å²) in [6.45, 7) is 0.372. The molecule has 0 aliphatic heterocycles. The first-order valence-corrected chi connectivity index (χ1v) is 5.28. The van der Waals surface area contributed by atoms with E-state index in [1.165, 1.54) is 12.3 Å². The van der Waals surface area contributed by atoms with Crippen LogP contribution < -0.4 is 5.73 Å². The van der Waals surface area contributed by atoms with Crippen molar-refractivity contribution in [2.24, 2.45) is 5.73 Å². The van der Waals surface area contributed by atoms with E-state index in [-0.39, 0.29) is 17.4 Å². The maximum absolute atomic E-state index is 10.9. The molecule has 1 aromatic heterocycles. The van der Waals surface area contributed by atoms with E-state index in [1.807, 2.05) is 0 Å². The van der Waals surface area contributed by atoms with Gasteiger partial charge in [-0.3, -0.25) is 0 Å². The lowest BCUT2D eigenvalue weighted by atomic mass is 10.3. The van der Waals surface area contributed by atoms with E-state index in [0.717, 1.165) is 11.8 Å². The summed E-state index contributed by atoms with van der Waals surface area (Å²) < 4.78 is 21.9. The van der Waals surface area contributed by atoms with Gasteiger partial charge in [0.25, 0.3) is 0 Å². The van der Waals surface area contributed by atoms with Gasteiger partial charge in [-0.15, -0.1) is 12.4 Å². The van der Waals surface area contributed by atoms with Crippen LogP contribution in [0.5, 0.6) is 0 Å². The Kier molecular flexibility index (Phi) is 4.32. The number of pyridine rings is 1. The number of sulfone groups is 1. The Labute approximate surface area is 83.5 Å². The second-order valence-electron chi connectivity index (χ2n) is 2.48. The van der Waals surface area contributed by atoms with Crippen molar-refractivity contribution in [3.8, 4) is 0 Å². The van der Waals surface area contributed by atoms with Crippen LogP contribution in [0.3, 0.4) is 0 Å². The summed E-state index contributed by atoms with van der Waals surface area (Å²) in [4.78, 5) is 3.75. The average molecular weight is 223 g/mol. The summed E-state index contributed by atoms with van der Waals surface area (Å²) in [6, 6.07) is 3.11. The third kappa shape index (κ3) is 3.30. The maximum atomic E-state index is 10.9. The number of nitrogens with zero attached hydrogens (tertiary/aromatic N) is 1. The summed E-state index contributed by atoms with van der Waals surface area (Å²) >= 11 is 0. The highest BCUT2D eigenvalue weighted by molar-refractivity contribution is 7.90. The van der Waals surface area contributed by atoms with Gasteiger partial charge in [-0.1, -0.05) is 6.07 Å². The Hall–Kier alpha value is -0.650. The molecule has 0 bridgehead atoms. The van der Waals surface area contributed by atoms with E-state index >= 15 is 0 Å². The van der Waals surface area contributed by atoms with Crippen molar-refractivity contribution >= 4 is 22.2 Å². The predicted molar refractivity (Wildman–Crippen MR) is 52.5 cm³/mol. The first-order chi connectivity index (χ1) is 5.54. The third-order valence-corrected chi connectivity index (χ3v) is 2.41. The van der Waals surface area contributed by atoms with Crippen molar-refractivity contribution in [2.75, 3.05) is 6.26 Å². The molecular formula is C7H11ClN2O2S. The number of nitrogens with two attached hydrogens (primary N) is 1. The first-order valence-electron chi connectivity index (χ1n) is 3.39. The zero-order valence-corrected chi connectivity index (χ0v) is 8.73. The molecule has 0 saturated carbocycles. The van der Waals surface area contributed by atoms with Crippen LogP contribution in [0.25, 0.3) is 0 Å². The maximum Gasteiger partial charge on any atom is 0.192 e. The van der Waals surface area contributed by atoms with Crippen LogP contribution in [0.1, 0.15) is 5.56 Å². The molecule has 0 aliphatic carbocycles. The highest BCUT2D eigenvalue weighted by Crippen LogP contribution is 2.05. The SMILES string of the molecule is CS(=O)(=O)c1ccc(CN)cn1.Cl. The Morgan fingerprint density at radius 3 is 2.38 bits per heavy atom. The number of aromatic nitrogens is 1. The molecule has 0 saturated heterocycles. The smallest absolute Gasteiger partial charge is 0.192 e. The van der Waals surface area contributed by atoms with Crippen LogP contribution in [0.15, 0.2) is 23.4 Å². The summed E-state index contributed by atoms with van der Waals surface area (Å²) in [5.41, 5.74) is 6.14. The van der Waals surface area contributed by atoms with Crippen molar-refractivity contribution in [1.82, 2.24) is 4.98 Å². The lowest BCUT2D eigenvalue weighted by molar-refractivity contribution is 0.598. The number of halogens is 1. The molecular weight excluding hydrogens is 212 g/mol. The lowest BCUT2D eigenvalue weighted by Gasteiger charge is -1.98. The van der Waals surface area contributed by atoms with Crippen LogP contribution in [0.2, 0.25) is 0 Å². The van der Waals surface area contributed by atoms with Crippen LogP contribution in [-0.2, 0) is 16.4 Å². The Bertz CT molecular complexity index is 361. The largest absolute Gasteiger partial charge is 0.326 e. The van der Waals surface area contributed by atoms with Gasteiger partial charge in [0.2, 0.25) is 0 Å². The van der Waals surface area contributed by atoms with E-state index in [9.17, 15) is 8.42 Å². The molecule has 6 heteroatoms. The highest BCUT2D eigenvalue weighted by Gasteiger charge is 2.06. The molecule has 0 atom stereocenters. The molecule has 1 heterocycles. The standard InChI is InChI=1S/C7H10N2O2S.ClH/c1-12(10,11)7-3-2-6(4-8)5-9-7;/h2-3,5H,4,8H2,1H3;1H. The van der Waals surface area contributed by atoms with Gasteiger partial charge in [0.05, 0.1) is 0 Å². The number of hydrogen-bond donors (Lipinski definition) is 1. The highest BCUT2D eigenvalue weighted by atomic mass is 35.5. The Morgan fingerprint density at radius 2 is 2.08 bits per heavy atom. The topological polar surface area (TPSA) is 73.0 Å². The molecule has 1 rings (SSSR count). The fourth-order valence-corrected chi connectivity index (χ4v) is 1.31. The van der Waals surface area contributed by atoms with Crippen LogP contribution >= 0.6 is 12.4 Å². The molecule has 13 heavy (non-hydrogen) atoms. The second-order valence-corrected chi connectivity index (χ2v) is 4.44. The molecule has 1 aromatic rings. The Morgan fingerprint density at radius 1 is 1.46 bits per heavy atom. The van der Waals surface area contributed by atoms with Gasteiger partial charge in [0.1, 0.15) is 0 Å². The normalized spacial score (nSPS) is 10.6. The first kappa shape index (κ1) is 12.3. The van der Waals surface area contributed by atoms with E-state index in [4.69, 9.17) is 5.73 Å². The van der Waals surface area contributed by atoms with Gasteiger partial charge in [-0.2, -0.15) is 0 Å². The third-order valence-electron chi connectivity index (χ3n) is 1.41. The summed E-state index contributed by atoms with van der Waals surface area (Å²) in [5, 5.41) is 0.0831. The van der Waals surface area contributed by atoms with Crippen LogP contribution in [-0.4, -0.2) is 19.7 Å². The monoisotopic (exact) mass is 222 g/mol. The van der Waals surface area contributed by atoms with E-state index < -0.39 is 9.84 Å². The molecule has 0 aliphatic rings. The van der Waals surface area contributed by atoms with Crippen molar-refractivity contribution in [3.05, 3.63) is 23.9 Å². The molecule has 74 valence electrons. The van der Waals surface area contributed by atoms with Gasteiger partial charge >= 0.3 is 0 Å². The summed E-state index contributed by atoms with van der Waals surface area (Å²) in [6.07, 6.45) is 2.59. The van der Waals surface area contributed by atoms with Gasteiger partial charge in [0, 0.05) is 19.0 Å². The minimum absolute atomic E-state index is 0. The average Bonchev–Trinajstić information content (AvgIpc) is 2.03. The van der Waals surface area contributed by atoms with E-state index in [2.05, 4.69) is 4.98 Å². The number of hydrogen-bond acceptors (Lipinski definition) is 4. The molecule has 0 unspecified atom stereocenters. The van der Waals surface area contributed by atoms with Crippen LogP contribution in [0, 0.1) is 0 Å². The molecule has 0 aromatic carbocycles. The Balaban J connectivity index is 0.00000144. The number of rotatable bonds is 2. The van der Waals surface area contributed by atoms with Gasteiger partial charge in [0.15, 0.2) is 14.9 Å². The van der Waals surface area contributed by atoms with Gasteiger partial charge < -0.3 is 5.73 Å². The van der Waals surface area contributed by atoms with Crippen LogP contribution in [0.4, 0.5) is 0 Å². The van der Waals surface area contributed by atoms with E-state index in [1.54, 1.807) is 6.07 Å². The van der Waals surface area contributed by atoms with Gasteiger partial charge in [-0.05, 0) is 11.6 Å². The zero-order valence-electron chi connectivity index (χ0n) is 7.10. The predicted octanol–water partition coefficient (Wildman–Crippen LogP) is 0.366. The molecule has 0 fully saturated rings. The van der Waals surface area contributed by atoms with Crippen molar-refractivity contribution in [3.63, 3.8) is 0 Å².